The molecule has 0 bridgehead atoms. The van der Waals surface area contributed by atoms with Crippen LogP contribution in [0.4, 0.5) is 0 Å². The van der Waals surface area contributed by atoms with Crippen LogP contribution in [0.25, 0.3) is 0 Å². The summed E-state index contributed by atoms with van der Waals surface area (Å²) in [4.78, 5) is 0. The van der Waals surface area contributed by atoms with Crippen LogP contribution in [-0.4, -0.2) is 6.66 Å². The summed E-state index contributed by atoms with van der Waals surface area (Å²) in [7, 11) is -4.65. The molecule has 0 aromatic heterocycles. The largest absolute Gasteiger partial charge is 0.309 e. The zero-order valence-corrected chi connectivity index (χ0v) is 35.6. The van der Waals surface area contributed by atoms with Crippen LogP contribution in [0.2, 0.25) is 0 Å². The number of rotatable bonds is 10. The Bertz CT molecular complexity index is 1530. The molecule has 0 spiro atoms. The molecule has 0 amide bonds. The standard InChI is InChI=1S/C19H19P.C18H15OP.C7H16.2HI/c1-20(17-11-5-2-6-12-17,18-13-7-3-8-14-18)19-15-9-4-10-16-19;19-20(16-10-4-1-5-11-16,17-12-6-2-7-13-17)18-14-8-3-9-15-18;1-3-5-7-6-4-2;;/h2-16,20H,1H3;1-15H;3-7H2,1-2H3;2*1H. The van der Waals surface area contributed by atoms with Gasteiger partial charge in [-0.2, -0.15) is 0 Å². The molecule has 6 aromatic carbocycles. The molecule has 6 rings (SSSR count). The maximum absolute atomic E-state index is 13.8. The van der Waals surface area contributed by atoms with Gasteiger partial charge >= 0.3 is 121 Å². The predicted molar refractivity (Wildman–Crippen MR) is 244 cm³/mol. The second-order valence-corrected chi connectivity index (χ2v) is 18.6. The first kappa shape index (κ1) is 42.6. The van der Waals surface area contributed by atoms with Gasteiger partial charge in [0.05, 0.1) is 0 Å². The third-order valence-electron chi connectivity index (χ3n) is 8.62. The van der Waals surface area contributed by atoms with Crippen LogP contribution in [0.1, 0.15) is 46.0 Å². The van der Waals surface area contributed by atoms with Crippen molar-refractivity contribution in [3.63, 3.8) is 0 Å². The molecule has 1 nitrogen and oxygen atoms in total. The Hall–Kier alpha value is -2.56. The van der Waals surface area contributed by atoms with Gasteiger partial charge in [0.2, 0.25) is 0 Å². The summed E-state index contributed by atoms with van der Waals surface area (Å²) in [5, 5.41) is 6.99. The molecule has 0 N–H and O–H groups in total. The van der Waals surface area contributed by atoms with Gasteiger partial charge in [0.25, 0.3) is 0 Å². The van der Waals surface area contributed by atoms with Crippen molar-refractivity contribution in [2.24, 2.45) is 0 Å². The topological polar surface area (TPSA) is 17.1 Å². The first-order valence-corrected chi connectivity index (χ1v) is 21.2. The fourth-order valence-corrected chi connectivity index (χ4v) is 12.1. The fourth-order valence-electron chi connectivity index (χ4n) is 5.85. The van der Waals surface area contributed by atoms with Crippen LogP contribution >= 0.6 is 62.4 Å². The van der Waals surface area contributed by atoms with E-state index in [0.29, 0.717) is 0 Å². The van der Waals surface area contributed by atoms with Crippen molar-refractivity contribution in [2.45, 2.75) is 46.0 Å². The van der Waals surface area contributed by atoms with Crippen LogP contribution in [0, 0.1) is 0 Å². The van der Waals surface area contributed by atoms with Crippen LogP contribution in [-0.2, 0) is 4.57 Å². The zero-order chi connectivity index (χ0) is 33.2. The minimum Gasteiger partial charge on any atom is -0.309 e. The Morgan fingerprint density at radius 1 is 0.388 bits per heavy atom. The Labute approximate surface area is 330 Å². The van der Waals surface area contributed by atoms with E-state index in [-0.39, 0.29) is 48.0 Å². The van der Waals surface area contributed by atoms with E-state index in [2.05, 4.69) is 112 Å². The third-order valence-corrected chi connectivity index (χ3v) is 16.2. The molecule has 0 aliphatic rings. The number of unbranched alkanes of at least 4 members (excludes halogenated alkanes) is 4. The molecule has 5 heteroatoms. The summed E-state index contributed by atoms with van der Waals surface area (Å²) in [5.41, 5.74) is 0. The SMILES string of the molecule is CCCCCCC.C[PH](c1ccccc1)(c1ccccc1)c1ccccc1.I.I.O=P(c1ccccc1)(c1ccccc1)c1ccccc1. The summed E-state index contributed by atoms with van der Waals surface area (Å²) in [6, 6.07) is 61.9. The molecule has 258 valence electrons. The summed E-state index contributed by atoms with van der Waals surface area (Å²) in [6.07, 6.45) is 7.01. The van der Waals surface area contributed by atoms with E-state index in [9.17, 15) is 4.57 Å². The van der Waals surface area contributed by atoms with E-state index in [0.717, 1.165) is 15.9 Å². The summed E-state index contributed by atoms with van der Waals surface area (Å²) >= 11 is 0. The van der Waals surface area contributed by atoms with E-state index in [1.54, 1.807) is 0 Å². The van der Waals surface area contributed by atoms with Crippen LogP contribution in [0.5, 0.6) is 0 Å². The molecule has 0 saturated heterocycles. The van der Waals surface area contributed by atoms with E-state index in [1.807, 2.05) is 91.0 Å². The maximum atomic E-state index is 13.8. The van der Waals surface area contributed by atoms with E-state index in [4.69, 9.17) is 0 Å². The van der Waals surface area contributed by atoms with Crippen molar-refractivity contribution in [3.8, 4) is 0 Å². The maximum Gasteiger partial charge on any atom is 0.171 e. The number of hydrogen-bond donors (Lipinski definition) is 0. The van der Waals surface area contributed by atoms with E-state index >= 15 is 0 Å². The molecular weight excluding hydrogens is 860 g/mol. The van der Waals surface area contributed by atoms with Crippen molar-refractivity contribution in [2.75, 3.05) is 6.66 Å². The van der Waals surface area contributed by atoms with Gasteiger partial charge in [-0.1, -0.05) is 137 Å². The first-order valence-electron chi connectivity index (χ1n) is 17.0. The Kier molecular flexibility index (Phi) is 20.0. The van der Waals surface area contributed by atoms with Gasteiger partial charge in [-0.25, -0.2) is 0 Å². The zero-order valence-electron chi connectivity index (χ0n) is 29.0. The summed E-state index contributed by atoms with van der Waals surface area (Å²) < 4.78 is 13.8. The van der Waals surface area contributed by atoms with Gasteiger partial charge in [-0.3, -0.25) is 0 Å². The minimum absolute atomic E-state index is 0. The molecule has 0 aliphatic carbocycles. The molecule has 0 fully saturated rings. The van der Waals surface area contributed by atoms with Crippen LogP contribution in [0.15, 0.2) is 182 Å². The molecule has 0 atom stereocenters. The van der Waals surface area contributed by atoms with Crippen LogP contribution < -0.4 is 31.8 Å². The second kappa shape index (κ2) is 23.0. The van der Waals surface area contributed by atoms with E-state index in [1.165, 1.54) is 48.0 Å². The van der Waals surface area contributed by atoms with Gasteiger partial charge in [-0.15, -0.1) is 48.0 Å². The fraction of sp³-hybridized carbons (Fsp3) is 0.182. The number of hydrogen-bond acceptors (Lipinski definition) is 1. The molecule has 0 aliphatic heterocycles. The van der Waals surface area contributed by atoms with Crippen molar-refractivity contribution >= 4 is 94.2 Å². The number of benzene rings is 6. The van der Waals surface area contributed by atoms with Crippen molar-refractivity contribution in [1.82, 2.24) is 0 Å². The van der Waals surface area contributed by atoms with Gasteiger partial charge in [0.1, 0.15) is 0 Å². The smallest absolute Gasteiger partial charge is 0.171 e. The monoisotopic (exact) mass is 912 g/mol. The summed E-state index contributed by atoms with van der Waals surface area (Å²) in [5.74, 6) is 0. The van der Waals surface area contributed by atoms with Gasteiger partial charge in [-0.05, 0) is 0 Å². The average molecular weight is 913 g/mol. The van der Waals surface area contributed by atoms with Crippen molar-refractivity contribution in [1.29, 1.82) is 0 Å². The second-order valence-electron chi connectivity index (χ2n) is 11.9. The molecule has 49 heavy (non-hydrogen) atoms. The average Bonchev–Trinajstić information content (AvgIpc) is 3.17. The first-order chi connectivity index (χ1) is 23.0. The normalized spacial score (nSPS) is 10.8. The Morgan fingerprint density at radius 2 is 0.612 bits per heavy atom. The minimum atomic E-state index is -2.78. The molecule has 0 saturated carbocycles. The quantitative estimate of drug-likeness (QED) is 0.0760. The van der Waals surface area contributed by atoms with Gasteiger partial charge in [0, 0.05) is 15.9 Å². The molecule has 6 aromatic rings. The van der Waals surface area contributed by atoms with Crippen molar-refractivity contribution < 1.29 is 4.57 Å². The number of halogens is 2. The molecule has 0 unspecified atom stereocenters. The molecular formula is C44H52I2OP2. The van der Waals surface area contributed by atoms with Crippen molar-refractivity contribution in [3.05, 3.63) is 182 Å². The predicted octanol–water partition coefficient (Wildman–Crippen LogP) is 10.9. The summed E-state index contributed by atoms with van der Waals surface area (Å²) in [6.45, 7) is 6.93. The third kappa shape index (κ3) is 11.7. The Morgan fingerprint density at radius 3 is 0.837 bits per heavy atom. The molecule has 0 radical (unpaired) electrons. The molecule has 0 heterocycles. The van der Waals surface area contributed by atoms with Gasteiger partial charge in [0.15, 0.2) is 7.14 Å². The van der Waals surface area contributed by atoms with Gasteiger partial charge < -0.3 is 4.57 Å². The van der Waals surface area contributed by atoms with E-state index < -0.39 is 14.4 Å². The Balaban J connectivity index is 0.000000277. The van der Waals surface area contributed by atoms with Crippen LogP contribution in [0.3, 0.4) is 0 Å².